The van der Waals surface area contributed by atoms with Gasteiger partial charge in [0, 0.05) is 17.7 Å². The average Bonchev–Trinajstić information content (AvgIpc) is 2.54. The first-order valence-corrected chi connectivity index (χ1v) is 6.26. The molecule has 0 aliphatic heterocycles. The van der Waals surface area contributed by atoms with Gasteiger partial charge >= 0.3 is 5.97 Å². The molecule has 0 spiro atoms. The lowest BCUT2D eigenvalue weighted by Gasteiger charge is -2.09. The van der Waals surface area contributed by atoms with Gasteiger partial charge in [-0.25, -0.2) is 4.79 Å². The van der Waals surface area contributed by atoms with Gasteiger partial charge in [-0.3, -0.25) is 14.9 Å². The zero-order valence-corrected chi connectivity index (χ0v) is 11.6. The summed E-state index contributed by atoms with van der Waals surface area (Å²) < 4.78 is 4.64. The van der Waals surface area contributed by atoms with Crippen LogP contribution in [-0.2, 0) is 4.74 Å². The molecule has 0 atom stereocenters. The molecule has 0 heterocycles. The Morgan fingerprint density at radius 1 is 1.09 bits per heavy atom. The van der Waals surface area contributed by atoms with Gasteiger partial charge in [-0.1, -0.05) is 12.1 Å². The summed E-state index contributed by atoms with van der Waals surface area (Å²) in [5.74, 6) is -1.05. The van der Waals surface area contributed by atoms with Gasteiger partial charge in [0.1, 0.15) is 0 Å². The van der Waals surface area contributed by atoms with E-state index >= 15 is 0 Å². The van der Waals surface area contributed by atoms with Crippen LogP contribution >= 0.6 is 0 Å². The Morgan fingerprint density at radius 3 is 2.32 bits per heavy atom. The molecule has 22 heavy (non-hydrogen) atoms. The number of rotatable bonds is 4. The number of non-ortho nitro benzene ring substituents is 1. The number of carbonyl (C=O) groups excluding carboxylic acids is 2. The molecule has 0 fully saturated rings. The Labute approximate surface area is 125 Å². The SMILES string of the molecule is COC(=O)c1ccccc1NC(=O)c1ccc([N+](=O)[O-])cc1. The highest BCUT2D eigenvalue weighted by Gasteiger charge is 2.15. The number of amides is 1. The van der Waals surface area contributed by atoms with E-state index in [1.165, 1.54) is 37.4 Å². The highest BCUT2D eigenvalue weighted by molar-refractivity contribution is 6.08. The van der Waals surface area contributed by atoms with E-state index in [4.69, 9.17) is 0 Å². The summed E-state index contributed by atoms with van der Waals surface area (Å²) >= 11 is 0. The van der Waals surface area contributed by atoms with Gasteiger partial charge in [0.2, 0.25) is 0 Å². The number of carbonyl (C=O) groups is 2. The van der Waals surface area contributed by atoms with E-state index in [1.54, 1.807) is 18.2 Å². The van der Waals surface area contributed by atoms with Gasteiger partial charge in [0.05, 0.1) is 23.3 Å². The first-order valence-electron chi connectivity index (χ1n) is 6.26. The molecule has 0 aliphatic carbocycles. The van der Waals surface area contributed by atoms with Crippen molar-refractivity contribution >= 4 is 23.3 Å². The van der Waals surface area contributed by atoms with Gasteiger partial charge in [-0.05, 0) is 24.3 Å². The number of nitrogens with zero attached hydrogens (tertiary/aromatic N) is 1. The summed E-state index contributed by atoms with van der Waals surface area (Å²) in [6.07, 6.45) is 0. The number of nitro benzene ring substituents is 1. The first-order chi connectivity index (χ1) is 10.5. The van der Waals surface area contributed by atoms with Crippen molar-refractivity contribution in [1.82, 2.24) is 0 Å². The fourth-order valence-electron chi connectivity index (χ4n) is 1.81. The maximum atomic E-state index is 12.1. The van der Waals surface area contributed by atoms with Crippen molar-refractivity contribution < 1.29 is 19.2 Å². The third kappa shape index (κ3) is 3.26. The van der Waals surface area contributed by atoms with Gasteiger partial charge < -0.3 is 10.1 Å². The number of hydrogen-bond donors (Lipinski definition) is 1. The number of esters is 1. The third-order valence-electron chi connectivity index (χ3n) is 2.92. The number of anilines is 1. The van der Waals surface area contributed by atoms with E-state index in [0.29, 0.717) is 5.69 Å². The van der Waals surface area contributed by atoms with E-state index in [-0.39, 0.29) is 16.8 Å². The van der Waals surface area contributed by atoms with Crippen molar-refractivity contribution in [2.75, 3.05) is 12.4 Å². The minimum atomic E-state index is -0.570. The molecule has 0 bridgehead atoms. The normalized spacial score (nSPS) is 9.86. The van der Waals surface area contributed by atoms with Crippen LogP contribution in [0.4, 0.5) is 11.4 Å². The van der Waals surface area contributed by atoms with Gasteiger partial charge in [-0.2, -0.15) is 0 Å². The van der Waals surface area contributed by atoms with Gasteiger partial charge in [0.25, 0.3) is 11.6 Å². The number of ether oxygens (including phenoxy) is 1. The smallest absolute Gasteiger partial charge is 0.339 e. The molecule has 0 saturated heterocycles. The highest BCUT2D eigenvalue weighted by Crippen LogP contribution is 2.18. The summed E-state index contributed by atoms with van der Waals surface area (Å²) in [6, 6.07) is 11.6. The lowest BCUT2D eigenvalue weighted by Crippen LogP contribution is -2.15. The minimum absolute atomic E-state index is 0.105. The first kappa shape index (κ1) is 15.2. The number of nitro groups is 1. The van der Waals surface area contributed by atoms with Crippen LogP contribution in [0, 0.1) is 10.1 Å². The Kier molecular flexibility index (Phi) is 4.47. The lowest BCUT2D eigenvalue weighted by atomic mass is 10.1. The second-order valence-corrected chi connectivity index (χ2v) is 4.30. The molecule has 1 N–H and O–H groups in total. The van der Waals surface area contributed by atoms with Crippen molar-refractivity contribution in [2.24, 2.45) is 0 Å². The molecule has 2 aromatic rings. The Morgan fingerprint density at radius 2 is 1.73 bits per heavy atom. The molecule has 2 rings (SSSR count). The zero-order valence-electron chi connectivity index (χ0n) is 11.6. The maximum Gasteiger partial charge on any atom is 0.339 e. The minimum Gasteiger partial charge on any atom is -0.465 e. The molecule has 7 heteroatoms. The van der Waals surface area contributed by atoms with E-state index in [0.717, 1.165) is 0 Å². The fourth-order valence-corrected chi connectivity index (χ4v) is 1.81. The number of benzene rings is 2. The number of hydrogen-bond acceptors (Lipinski definition) is 5. The van der Waals surface area contributed by atoms with Crippen LogP contribution in [0.2, 0.25) is 0 Å². The van der Waals surface area contributed by atoms with E-state index < -0.39 is 16.8 Å². The van der Waals surface area contributed by atoms with Crippen molar-refractivity contribution in [3.05, 3.63) is 69.8 Å². The van der Waals surface area contributed by atoms with E-state index in [2.05, 4.69) is 10.1 Å². The quantitative estimate of drug-likeness (QED) is 0.531. The maximum absolute atomic E-state index is 12.1. The molecular formula is C15H12N2O5. The fraction of sp³-hybridized carbons (Fsp3) is 0.0667. The van der Waals surface area contributed by atoms with Crippen molar-refractivity contribution in [3.8, 4) is 0 Å². The highest BCUT2D eigenvalue weighted by atomic mass is 16.6. The largest absolute Gasteiger partial charge is 0.465 e. The standard InChI is InChI=1S/C15H12N2O5/c1-22-15(19)12-4-2-3-5-13(12)16-14(18)10-6-8-11(9-7-10)17(20)21/h2-9H,1H3,(H,16,18). The molecule has 0 radical (unpaired) electrons. The number of nitrogens with one attached hydrogen (secondary N) is 1. The van der Waals surface area contributed by atoms with E-state index in [1.807, 2.05) is 0 Å². The molecule has 2 aromatic carbocycles. The van der Waals surface area contributed by atoms with Crippen LogP contribution in [0.5, 0.6) is 0 Å². The molecule has 0 aliphatic rings. The number of para-hydroxylation sites is 1. The topological polar surface area (TPSA) is 98.5 Å². The predicted molar refractivity (Wildman–Crippen MR) is 78.8 cm³/mol. The second kappa shape index (κ2) is 6.49. The average molecular weight is 300 g/mol. The molecular weight excluding hydrogens is 288 g/mol. The summed E-state index contributed by atoms with van der Waals surface area (Å²) in [5, 5.41) is 13.2. The molecule has 7 nitrogen and oxygen atoms in total. The van der Waals surface area contributed by atoms with Crippen LogP contribution < -0.4 is 5.32 Å². The molecule has 0 unspecified atom stereocenters. The molecule has 112 valence electrons. The Balaban J connectivity index is 2.22. The van der Waals surface area contributed by atoms with Crippen LogP contribution in [-0.4, -0.2) is 23.9 Å². The monoisotopic (exact) mass is 300 g/mol. The molecule has 0 aromatic heterocycles. The Bertz CT molecular complexity index is 725. The summed E-state index contributed by atoms with van der Waals surface area (Å²) in [7, 11) is 1.25. The second-order valence-electron chi connectivity index (χ2n) is 4.30. The van der Waals surface area contributed by atoms with Crippen molar-refractivity contribution in [1.29, 1.82) is 0 Å². The van der Waals surface area contributed by atoms with E-state index in [9.17, 15) is 19.7 Å². The van der Waals surface area contributed by atoms with Crippen molar-refractivity contribution in [3.63, 3.8) is 0 Å². The third-order valence-corrected chi connectivity index (χ3v) is 2.92. The Hall–Kier alpha value is -3.22. The summed E-state index contributed by atoms with van der Waals surface area (Å²) in [6.45, 7) is 0. The predicted octanol–water partition coefficient (Wildman–Crippen LogP) is 2.63. The van der Waals surface area contributed by atoms with Gasteiger partial charge in [-0.15, -0.1) is 0 Å². The molecule has 0 saturated carbocycles. The van der Waals surface area contributed by atoms with Crippen molar-refractivity contribution in [2.45, 2.75) is 0 Å². The summed E-state index contributed by atoms with van der Waals surface area (Å²) in [4.78, 5) is 33.8. The van der Waals surface area contributed by atoms with Crippen LogP contribution in [0.1, 0.15) is 20.7 Å². The lowest BCUT2D eigenvalue weighted by molar-refractivity contribution is -0.384. The van der Waals surface area contributed by atoms with Gasteiger partial charge in [0.15, 0.2) is 0 Å². The number of methoxy groups -OCH3 is 1. The van der Waals surface area contributed by atoms with Crippen LogP contribution in [0.25, 0.3) is 0 Å². The van der Waals surface area contributed by atoms with Crippen LogP contribution in [0.3, 0.4) is 0 Å². The molecule has 1 amide bonds. The van der Waals surface area contributed by atoms with Crippen LogP contribution in [0.15, 0.2) is 48.5 Å². The zero-order chi connectivity index (χ0) is 16.1. The summed E-state index contributed by atoms with van der Waals surface area (Å²) in [5.41, 5.74) is 0.662.